The average Bonchev–Trinajstić information content (AvgIpc) is 2.85. The van der Waals surface area contributed by atoms with E-state index in [0.717, 1.165) is 0 Å². The van der Waals surface area contributed by atoms with E-state index in [1.165, 1.54) is 12.8 Å². The van der Waals surface area contributed by atoms with Gasteiger partial charge in [0.1, 0.15) is 0 Å². The fraction of sp³-hybridized carbons (Fsp3) is 0.727. The Balaban J connectivity index is 2.27. The highest BCUT2D eigenvalue weighted by Crippen LogP contribution is 2.36. The molecule has 0 aromatic heterocycles. The highest BCUT2D eigenvalue weighted by Gasteiger charge is 2.32. The second kappa shape index (κ2) is 4.32. The molecule has 1 amide bonds. The molecule has 1 saturated carbocycles. The first-order chi connectivity index (χ1) is 6.15. The van der Waals surface area contributed by atoms with Crippen molar-refractivity contribution in [3.63, 3.8) is 0 Å². The SMILES string of the molecule is C#CCC(C)NC(=O)C(C)C1CC1. The van der Waals surface area contributed by atoms with Crippen LogP contribution in [0.15, 0.2) is 0 Å². The molecule has 2 heteroatoms. The van der Waals surface area contributed by atoms with Crippen LogP contribution < -0.4 is 5.32 Å². The van der Waals surface area contributed by atoms with E-state index in [9.17, 15) is 4.79 Å². The quantitative estimate of drug-likeness (QED) is 0.652. The highest BCUT2D eigenvalue weighted by atomic mass is 16.1. The number of carbonyl (C=O) groups excluding carboxylic acids is 1. The number of carbonyl (C=O) groups is 1. The molecule has 2 unspecified atom stereocenters. The van der Waals surface area contributed by atoms with Gasteiger partial charge in [0.25, 0.3) is 0 Å². The lowest BCUT2D eigenvalue weighted by Crippen LogP contribution is -2.36. The summed E-state index contributed by atoms with van der Waals surface area (Å²) in [5.41, 5.74) is 0. The van der Waals surface area contributed by atoms with E-state index in [4.69, 9.17) is 6.42 Å². The minimum absolute atomic E-state index is 0.110. The van der Waals surface area contributed by atoms with Gasteiger partial charge in [-0.05, 0) is 25.7 Å². The monoisotopic (exact) mass is 179 g/mol. The summed E-state index contributed by atoms with van der Waals surface area (Å²) in [6, 6.07) is 0.110. The molecule has 0 aliphatic heterocycles. The van der Waals surface area contributed by atoms with Crippen LogP contribution in [0.5, 0.6) is 0 Å². The van der Waals surface area contributed by atoms with E-state index in [0.29, 0.717) is 12.3 Å². The number of amides is 1. The third-order valence-corrected chi connectivity index (χ3v) is 2.56. The third-order valence-electron chi connectivity index (χ3n) is 2.56. The predicted octanol–water partition coefficient (Wildman–Crippen LogP) is 1.56. The van der Waals surface area contributed by atoms with Gasteiger partial charge in [0.2, 0.25) is 5.91 Å². The van der Waals surface area contributed by atoms with Crippen molar-refractivity contribution < 1.29 is 4.79 Å². The Morgan fingerprint density at radius 3 is 2.69 bits per heavy atom. The van der Waals surface area contributed by atoms with Crippen molar-refractivity contribution in [1.82, 2.24) is 5.32 Å². The Hall–Kier alpha value is -0.970. The molecule has 2 atom stereocenters. The summed E-state index contributed by atoms with van der Waals surface area (Å²) >= 11 is 0. The Bertz CT molecular complexity index is 225. The van der Waals surface area contributed by atoms with E-state index in [1.807, 2.05) is 13.8 Å². The minimum atomic E-state index is 0.110. The normalized spacial score (nSPS) is 20.1. The van der Waals surface area contributed by atoms with E-state index in [-0.39, 0.29) is 17.9 Å². The van der Waals surface area contributed by atoms with Crippen molar-refractivity contribution in [1.29, 1.82) is 0 Å². The van der Waals surface area contributed by atoms with Crippen LogP contribution in [0, 0.1) is 24.2 Å². The van der Waals surface area contributed by atoms with Crippen molar-refractivity contribution >= 4 is 5.91 Å². The van der Waals surface area contributed by atoms with Gasteiger partial charge in [-0.15, -0.1) is 12.3 Å². The summed E-state index contributed by atoms with van der Waals surface area (Å²) < 4.78 is 0. The van der Waals surface area contributed by atoms with Gasteiger partial charge in [0.05, 0.1) is 0 Å². The van der Waals surface area contributed by atoms with Gasteiger partial charge in [0.15, 0.2) is 0 Å². The Kier molecular flexibility index (Phi) is 3.36. The Labute approximate surface area is 80.1 Å². The standard InChI is InChI=1S/C11H17NO/c1-4-5-8(2)12-11(13)9(3)10-6-7-10/h1,8-10H,5-7H2,2-3H3,(H,12,13). The molecule has 1 aliphatic carbocycles. The molecule has 0 spiro atoms. The van der Waals surface area contributed by atoms with Crippen LogP contribution in [-0.2, 0) is 4.79 Å². The van der Waals surface area contributed by atoms with Gasteiger partial charge >= 0.3 is 0 Å². The van der Waals surface area contributed by atoms with Crippen LogP contribution in [0.4, 0.5) is 0 Å². The van der Waals surface area contributed by atoms with Crippen LogP contribution in [0.25, 0.3) is 0 Å². The zero-order chi connectivity index (χ0) is 9.84. The predicted molar refractivity (Wildman–Crippen MR) is 52.9 cm³/mol. The van der Waals surface area contributed by atoms with Gasteiger partial charge in [-0.1, -0.05) is 6.92 Å². The third kappa shape index (κ3) is 3.10. The molecule has 0 bridgehead atoms. The molecule has 1 rings (SSSR count). The molecular weight excluding hydrogens is 162 g/mol. The lowest BCUT2D eigenvalue weighted by atomic mass is 10.1. The second-order valence-corrected chi connectivity index (χ2v) is 3.94. The number of terminal acetylenes is 1. The highest BCUT2D eigenvalue weighted by molar-refractivity contribution is 5.79. The van der Waals surface area contributed by atoms with E-state index < -0.39 is 0 Å². The molecule has 1 N–H and O–H groups in total. The fourth-order valence-corrected chi connectivity index (χ4v) is 1.41. The first-order valence-electron chi connectivity index (χ1n) is 4.89. The van der Waals surface area contributed by atoms with Gasteiger partial charge < -0.3 is 5.32 Å². The second-order valence-electron chi connectivity index (χ2n) is 3.94. The number of hydrogen-bond acceptors (Lipinski definition) is 1. The van der Waals surface area contributed by atoms with Gasteiger partial charge in [-0.3, -0.25) is 4.79 Å². The summed E-state index contributed by atoms with van der Waals surface area (Å²) in [6.07, 6.45) is 8.18. The number of nitrogens with one attached hydrogen (secondary N) is 1. The molecule has 0 saturated heterocycles. The molecule has 13 heavy (non-hydrogen) atoms. The topological polar surface area (TPSA) is 29.1 Å². The van der Waals surface area contributed by atoms with E-state index in [2.05, 4.69) is 11.2 Å². The van der Waals surface area contributed by atoms with Crippen molar-refractivity contribution in [2.24, 2.45) is 11.8 Å². The molecule has 1 fully saturated rings. The lowest BCUT2D eigenvalue weighted by molar-refractivity contribution is -0.125. The smallest absolute Gasteiger partial charge is 0.223 e. The molecule has 72 valence electrons. The maximum absolute atomic E-state index is 11.5. The largest absolute Gasteiger partial charge is 0.352 e. The molecule has 1 aliphatic rings. The van der Waals surface area contributed by atoms with Crippen LogP contribution in [0.1, 0.15) is 33.1 Å². The van der Waals surface area contributed by atoms with Crippen LogP contribution in [0.3, 0.4) is 0 Å². The summed E-state index contributed by atoms with van der Waals surface area (Å²) in [7, 11) is 0. The number of rotatable bonds is 4. The van der Waals surface area contributed by atoms with Gasteiger partial charge in [-0.2, -0.15) is 0 Å². The van der Waals surface area contributed by atoms with Crippen LogP contribution in [0.2, 0.25) is 0 Å². The first-order valence-corrected chi connectivity index (χ1v) is 4.89. The minimum Gasteiger partial charge on any atom is -0.352 e. The van der Waals surface area contributed by atoms with Crippen molar-refractivity contribution in [2.45, 2.75) is 39.2 Å². The van der Waals surface area contributed by atoms with Crippen molar-refractivity contribution in [3.8, 4) is 12.3 Å². The average molecular weight is 179 g/mol. The molecule has 0 aromatic rings. The van der Waals surface area contributed by atoms with Crippen LogP contribution >= 0.6 is 0 Å². The van der Waals surface area contributed by atoms with E-state index >= 15 is 0 Å². The van der Waals surface area contributed by atoms with Crippen molar-refractivity contribution in [3.05, 3.63) is 0 Å². The Morgan fingerprint density at radius 2 is 2.23 bits per heavy atom. The summed E-state index contributed by atoms with van der Waals surface area (Å²) in [5.74, 6) is 3.49. The lowest BCUT2D eigenvalue weighted by Gasteiger charge is -2.15. The summed E-state index contributed by atoms with van der Waals surface area (Å²) in [5, 5.41) is 2.92. The zero-order valence-electron chi connectivity index (χ0n) is 8.34. The maximum Gasteiger partial charge on any atom is 0.223 e. The zero-order valence-corrected chi connectivity index (χ0v) is 8.34. The number of hydrogen-bond donors (Lipinski definition) is 1. The maximum atomic E-state index is 11.5. The molecule has 0 aromatic carbocycles. The van der Waals surface area contributed by atoms with Gasteiger partial charge in [0, 0.05) is 18.4 Å². The van der Waals surface area contributed by atoms with Gasteiger partial charge in [-0.25, -0.2) is 0 Å². The Morgan fingerprint density at radius 1 is 1.62 bits per heavy atom. The molecule has 0 heterocycles. The molecule has 0 radical (unpaired) electrons. The van der Waals surface area contributed by atoms with Crippen molar-refractivity contribution in [2.75, 3.05) is 0 Å². The van der Waals surface area contributed by atoms with Crippen LogP contribution in [-0.4, -0.2) is 11.9 Å². The molecular formula is C11H17NO. The summed E-state index contributed by atoms with van der Waals surface area (Å²) in [6.45, 7) is 3.94. The van der Waals surface area contributed by atoms with E-state index in [1.54, 1.807) is 0 Å². The summed E-state index contributed by atoms with van der Waals surface area (Å²) in [4.78, 5) is 11.5. The molecule has 2 nitrogen and oxygen atoms in total. The first kappa shape index (κ1) is 10.1. The fourth-order valence-electron chi connectivity index (χ4n) is 1.41.